The molecule has 1 heterocycles. The lowest BCUT2D eigenvalue weighted by Gasteiger charge is -2.37. The smallest absolute Gasteiger partial charge is 0.218 e. The summed E-state index contributed by atoms with van der Waals surface area (Å²) in [5, 5.41) is 0. The average molecular weight is 327 g/mol. The summed E-state index contributed by atoms with van der Waals surface area (Å²) in [6.07, 6.45) is 0. The van der Waals surface area contributed by atoms with E-state index in [9.17, 15) is 8.42 Å². The molecule has 1 fully saturated rings. The summed E-state index contributed by atoms with van der Waals surface area (Å²) in [5.41, 5.74) is 7.04. The quantitative estimate of drug-likeness (QED) is 0.828. The minimum atomic E-state index is -3.30. The van der Waals surface area contributed by atoms with Crippen LogP contribution in [-0.2, 0) is 15.8 Å². The van der Waals surface area contributed by atoms with E-state index >= 15 is 0 Å². The van der Waals surface area contributed by atoms with E-state index in [-0.39, 0.29) is 11.8 Å². The van der Waals surface area contributed by atoms with E-state index in [2.05, 4.69) is 4.90 Å². The number of hydrogen-bond donors (Lipinski definition) is 1. The molecule has 0 bridgehead atoms. The van der Waals surface area contributed by atoms with Crippen LogP contribution >= 0.6 is 12.2 Å². The van der Waals surface area contributed by atoms with Crippen LogP contribution < -0.4 is 5.73 Å². The number of benzene rings is 1. The Morgan fingerprint density at radius 3 is 2.48 bits per heavy atom. The van der Waals surface area contributed by atoms with Crippen molar-refractivity contribution in [1.82, 2.24) is 9.21 Å². The molecule has 0 amide bonds. The van der Waals surface area contributed by atoms with Gasteiger partial charge >= 0.3 is 0 Å². The molecule has 7 heteroatoms. The van der Waals surface area contributed by atoms with Crippen LogP contribution in [-0.4, -0.2) is 55.3 Å². The van der Waals surface area contributed by atoms with Crippen molar-refractivity contribution >= 4 is 27.2 Å². The van der Waals surface area contributed by atoms with Crippen molar-refractivity contribution in [3.8, 4) is 0 Å². The number of piperazine rings is 1. The van der Waals surface area contributed by atoms with Crippen molar-refractivity contribution in [3.63, 3.8) is 0 Å². The van der Waals surface area contributed by atoms with Gasteiger partial charge in [-0.3, -0.25) is 0 Å². The Morgan fingerprint density at radius 2 is 1.95 bits per heavy atom. The molecule has 2 N–H and O–H groups in total. The zero-order chi connectivity index (χ0) is 15.6. The summed E-state index contributed by atoms with van der Waals surface area (Å²) in [7, 11) is -1.29. The van der Waals surface area contributed by atoms with Crippen molar-refractivity contribution in [1.29, 1.82) is 0 Å². The number of hydrogen-bond acceptors (Lipinski definition) is 4. The van der Waals surface area contributed by atoms with Crippen LogP contribution in [0, 0.1) is 0 Å². The van der Waals surface area contributed by atoms with Gasteiger partial charge in [0, 0.05) is 31.2 Å². The first-order valence-corrected chi connectivity index (χ1v) is 8.88. The molecule has 1 saturated heterocycles. The second-order valence-electron chi connectivity index (χ2n) is 5.54. The molecule has 1 atom stereocenters. The normalized spacial score (nSPS) is 21.3. The number of nitrogens with two attached hydrogens (primary N) is 1. The van der Waals surface area contributed by atoms with E-state index < -0.39 is 10.0 Å². The standard InChI is InChI=1S/C14H21N3O2S2/c1-11-9-16(2)7-8-17(11)21(18,19)10-12-3-5-13(6-4-12)14(15)20/h3-6,11H,7-10H2,1-2H3,(H2,15,20). The summed E-state index contributed by atoms with van der Waals surface area (Å²) in [6, 6.07) is 7.07. The number of sulfonamides is 1. The highest BCUT2D eigenvalue weighted by atomic mass is 32.2. The molecule has 0 radical (unpaired) electrons. The SMILES string of the molecule is CC1CN(C)CCN1S(=O)(=O)Cc1ccc(C(N)=S)cc1. The number of rotatable bonds is 4. The molecule has 2 rings (SSSR count). The lowest BCUT2D eigenvalue weighted by atomic mass is 10.1. The molecule has 0 aromatic heterocycles. The second kappa shape index (κ2) is 6.39. The summed E-state index contributed by atoms with van der Waals surface area (Å²) in [6.45, 7) is 4.03. The molecule has 5 nitrogen and oxygen atoms in total. The molecule has 1 aromatic rings. The van der Waals surface area contributed by atoms with E-state index in [0.717, 1.165) is 24.2 Å². The van der Waals surface area contributed by atoms with Crippen LogP contribution in [0.3, 0.4) is 0 Å². The first-order chi connectivity index (χ1) is 9.79. The Balaban J connectivity index is 2.12. The Morgan fingerprint density at radius 1 is 1.33 bits per heavy atom. The average Bonchev–Trinajstić information content (AvgIpc) is 2.38. The zero-order valence-electron chi connectivity index (χ0n) is 12.3. The topological polar surface area (TPSA) is 66.6 Å². The predicted molar refractivity (Wildman–Crippen MR) is 88.6 cm³/mol. The summed E-state index contributed by atoms with van der Waals surface area (Å²) in [5.74, 6) is 0.0126. The van der Waals surface area contributed by atoms with Gasteiger partial charge in [0.2, 0.25) is 10.0 Å². The van der Waals surface area contributed by atoms with Crippen LogP contribution in [0.15, 0.2) is 24.3 Å². The third-order valence-electron chi connectivity index (χ3n) is 3.71. The Kier molecular flexibility index (Phi) is 4.98. The molecule has 0 saturated carbocycles. The van der Waals surface area contributed by atoms with Crippen molar-refractivity contribution < 1.29 is 8.42 Å². The van der Waals surface area contributed by atoms with Gasteiger partial charge in [-0.25, -0.2) is 8.42 Å². The first kappa shape index (κ1) is 16.4. The van der Waals surface area contributed by atoms with E-state index in [0.29, 0.717) is 11.5 Å². The fraction of sp³-hybridized carbons (Fsp3) is 0.500. The second-order valence-corrected chi connectivity index (χ2v) is 7.90. The van der Waals surface area contributed by atoms with Gasteiger partial charge in [-0.05, 0) is 19.5 Å². The maximum atomic E-state index is 12.5. The fourth-order valence-electron chi connectivity index (χ4n) is 2.60. The Hall–Kier alpha value is -1.02. The number of likely N-dealkylation sites (N-methyl/N-ethyl adjacent to an activating group) is 1. The highest BCUT2D eigenvalue weighted by Crippen LogP contribution is 2.18. The minimum Gasteiger partial charge on any atom is -0.389 e. The first-order valence-electron chi connectivity index (χ1n) is 6.86. The molecule has 1 unspecified atom stereocenters. The molecule has 1 aliphatic heterocycles. The van der Waals surface area contributed by atoms with E-state index in [1.807, 2.05) is 14.0 Å². The van der Waals surface area contributed by atoms with Gasteiger partial charge in [-0.15, -0.1) is 0 Å². The Labute approximate surface area is 131 Å². The number of thiocarbonyl (C=S) groups is 1. The van der Waals surface area contributed by atoms with Crippen LogP contribution in [0.1, 0.15) is 18.1 Å². The van der Waals surface area contributed by atoms with Crippen LogP contribution in [0.25, 0.3) is 0 Å². The van der Waals surface area contributed by atoms with E-state index in [1.54, 1.807) is 28.6 Å². The van der Waals surface area contributed by atoms with Crippen molar-refractivity contribution in [2.24, 2.45) is 5.73 Å². The van der Waals surface area contributed by atoms with Crippen molar-refractivity contribution in [2.45, 2.75) is 18.7 Å². The predicted octanol–water partition coefficient (Wildman–Crippen LogP) is 0.787. The number of nitrogens with zero attached hydrogens (tertiary/aromatic N) is 2. The monoisotopic (exact) mass is 327 g/mol. The summed E-state index contributed by atoms with van der Waals surface area (Å²) in [4.78, 5) is 2.46. The maximum absolute atomic E-state index is 12.5. The maximum Gasteiger partial charge on any atom is 0.218 e. The highest BCUT2D eigenvalue weighted by Gasteiger charge is 2.31. The highest BCUT2D eigenvalue weighted by molar-refractivity contribution is 7.88. The molecule has 1 aliphatic rings. The third-order valence-corrected chi connectivity index (χ3v) is 5.91. The van der Waals surface area contributed by atoms with E-state index in [4.69, 9.17) is 18.0 Å². The van der Waals surface area contributed by atoms with Crippen molar-refractivity contribution in [2.75, 3.05) is 26.7 Å². The molecule has 0 spiro atoms. The van der Waals surface area contributed by atoms with Gasteiger partial charge in [0.05, 0.1) is 5.75 Å². The van der Waals surface area contributed by atoms with Crippen LogP contribution in [0.2, 0.25) is 0 Å². The van der Waals surface area contributed by atoms with Gasteiger partial charge in [-0.2, -0.15) is 4.31 Å². The van der Waals surface area contributed by atoms with Gasteiger partial charge in [0.15, 0.2) is 0 Å². The van der Waals surface area contributed by atoms with Gasteiger partial charge < -0.3 is 10.6 Å². The zero-order valence-corrected chi connectivity index (χ0v) is 14.0. The lowest BCUT2D eigenvalue weighted by molar-refractivity contribution is 0.170. The van der Waals surface area contributed by atoms with Gasteiger partial charge in [-0.1, -0.05) is 36.5 Å². The fourth-order valence-corrected chi connectivity index (χ4v) is 4.49. The molecule has 116 valence electrons. The van der Waals surface area contributed by atoms with Gasteiger partial charge in [0.1, 0.15) is 4.99 Å². The molecular weight excluding hydrogens is 306 g/mol. The van der Waals surface area contributed by atoms with Crippen molar-refractivity contribution in [3.05, 3.63) is 35.4 Å². The largest absolute Gasteiger partial charge is 0.389 e. The molecule has 21 heavy (non-hydrogen) atoms. The van der Waals surface area contributed by atoms with Gasteiger partial charge in [0.25, 0.3) is 0 Å². The van der Waals surface area contributed by atoms with Crippen LogP contribution in [0.4, 0.5) is 0 Å². The summed E-state index contributed by atoms with van der Waals surface area (Å²) >= 11 is 4.89. The summed E-state index contributed by atoms with van der Waals surface area (Å²) < 4.78 is 26.7. The Bertz CT molecular complexity index is 614. The molecule has 1 aromatic carbocycles. The van der Waals surface area contributed by atoms with Crippen LogP contribution in [0.5, 0.6) is 0 Å². The van der Waals surface area contributed by atoms with E-state index in [1.165, 1.54) is 0 Å². The third kappa shape index (κ3) is 4.00. The molecular formula is C14H21N3O2S2. The minimum absolute atomic E-state index is 0.00430. The lowest BCUT2D eigenvalue weighted by Crippen LogP contribution is -2.52. The molecule has 0 aliphatic carbocycles.